The van der Waals surface area contributed by atoms with E-state index < -0.39 is 0 Å². The van der Waals surface area contributed by atoms with E-state index >= 15 is 0 Å². The third kappa shape index (κ3) is 3.58. The maximum absolute atomic E-state index is 7.58. The van der Waals surface area contributed by atoms with E-state index in [4.69, 9.17) is 11.3 Å². The lowest BCUT2D eigenvalue weighted by atomic mass is 10.1. The van der Waals surface area contributed by atoms with Crippen molar-refractivity contribution in [3.63, 3.8) is 0 Å². The molecule has 1 aromatic carbocycles. The Bertz CT molecular complexity index is 292. The van der Waals surface area contributed by atoms with E-state index in [-0.39, 0.29) is 0 Å². The molecule has 0 bridgehead atoms. The Morgan fingerprint density at radius 2 is 1.93 bits per heavy atom. The molecule has 0 spiro atoms. The molecule has 0 aliphatic carbocycles. The fourth-order valence-corrected chi connectivity index (χ4v) is 0.996. The predicted octanol–water partition coefficient (Wildman–Crippen LogP) is 2.15. The third-order valence-corrected chi connectivity index (χ3v) is 1.64. The van der Waals surface area contributed by atoms with Crippen LogP contribution in [-0.4, -0.2) is 17.9 Å². The molecule has 0 unspecified atom stereocenters. The summed E-state index contributed by atoms with van der Waals surface area (Å²) >= 11 is 0. The van der Waals surface area contributed by atoms with E-state index in [0.29, 0.717) is 5.84 Å². The van der Waals surface area contributed by atoms with Crippen molar-refractivity contribution >= 4 is 5.84 Å². The minimum Gasteiger partial charge on any atom is -0.298 e. The van der Waals surface area contributed by atoms with Gasteiger partial charge in [0.05, 0.1) is 0 Å². The van der Waals surface area contributed by atoms with Gasteiger partial charge in [-0.2, -0.15) is 0 Å². The molecule has 0 heterocycles. The number of aryl methyl sites for hydroxylation is 1. The van der Waals surface area contributed by atoms with Crippen molar-refractivity contribution in [3.05, 3.63) is 35.4 Å². The van der Waals surface area contributed by atoms with Crippen molar-refractivity contribution in [1.29, 1.82) is 5.41 Å². The molecular weight excluding hydrogens is 174 g/mol. The molecular formula is C11H19N3. The van der Waals surface area contributed by atoms with E-state index in [0.717, 1.165) is 11.1 Å². The lowest BCUT2D eigenvalue weighted by Crippen LogP contribution is -2.33. The molecule has 78 valence electrons. The summed E-state index contributed by atoms with van der Waals surface area (Å²) in [7, 11) is 1.66. The van der Waals surface area contributed by atoms with Gasteiger partial charge in [-0.25, -0.2) is 5.84 Å². The Hall–Kier alpha value is -1.35. The fraction of sp³-hybridized carbons (Fsp3) is 0.364. The van der Waals surface area contributed by atoms with Crippen LogP contribution in [-0.2, 0) is 0 Å². The lowest BCUT2D eigenvalue weighted by molar-refractivity contribution is 0.536. The highest BCUT2D eigenvalue weighted by Crippen LogP contribution is 2.04. The number of rotatable bonds is 1. The zero-order valence-corrected chi connectivity index (χ0v) is 9.33. The van der Waals surface area contributed by atoms with Gasteiger partial charge in [0.15, 0.2) is 0 Å². The maximum atomic E-state index is 7.58. The average molecular weight is 193 g/mol. The minimum atomic E-state index is 0.332. The van der Waals surface area contributed by atoms with Crippen LogP contribution in [0, 0.1) is 12.3 Å². The number of nitrogens with two attached hydrogens (primary N) is 1. The van der Waals surface area contributed by atoms with Crippen molar-refractivity contribution in [2.45, 2.75) is 20.8 Å². The molecule has 0 aromatic heterocycles. The van der Waals surface area contributed by atoms with Gasteiger partial charge in [0.25, 0.3) is 0 Å². The van der Waals surface area contributed by atoms with Gasteiger partial charge in [-0.3, -0.25) is 10.4 Å². The van der Waals surface area contributed by atoms with E-state index in [1.165, 1.54) is 5.01 Å². The Labute approximate surface area is 86.0 Å². The minimum absolute atomic E-state index is 0.332. The number of hydrogen-bond acceptors (Lipinski definition) is 2. The van der Waals surface area contributed by atoms with Crippen LogP contribution in [0.1, 0.15) is 25.0 Å². The third-order valence-electron chi connectivity index (χ3n) is 1.64. The van der Waals surface area contributed by atoms with Crippen molar-refractivity contribution in [3.8, 4) is 0 Å². The molecule has 0 saturated carbocycles. The summed E-state index contributed by atoms with van der Waals surface area (Å²) in [4.78, 5) is 0. The topological polar surface area (TPSA) is 53.1 Å². The van der Waals surface area contributed by atoms with Crippen molar-refractivity contribution in [2.24, 2.45) is 5.84 Å². The Kier molecular flexibility index (Phi) is 5.56. The molecule has 14 heavy (non-hydrogen) atoms. The lowest BCUT2D eigenvalue weighted by Gasteiger charge is -2.13. The summed E-state index contributed by atoms with van der Waals surface area (Å²) in [5, 5.41) is 8.88. The molecule has 0 aliphatic heterocycles. The molecule has 0 aliphatic rings. The number of hydrazine groups is 1. The second-order valence-corrected chi connectivity index (χ2v) is 2.83. The highest BCUT2D eigenvalue weighted by atomic mass is 15.4. The molecule has 0 fully saturated rings. The van der Waals surface area contributed by atoms with E-state index in [2.05, 4.69) is 0 Å². The number of benzene rings is 1. The molecule has 0 radical (unpaired) electrons. The fourth-order valence-electron chi connectivity index (χ4n) is 0.996. The number of amidine groups is 1. The van der Waals surface area contributed by atoms with Gasteiger partial charge < -0.3 is 0 Å². The van der Waals surface area contributed by atoms with Crippen LogP contribution in [0.25, 0.3) is 0 Å². The predicted molar refractivity (Wildman–Crippen MR) is 61.3 cm³/mol. The number of nitrogens with zero attached hydrogens (tertiary/aromatic N) is 1. The summed E-state index contributed by atoms with van der Waals surface area (Å²) in [5.74, 6) is 5.76. The maximum Gasteiger partial charge on any atom is 0.142 e. The van der Waals surface area contributed by atoms with Crippen molar-refractivity contribution < 1.29 is 0 Å². The van der Waals surface area contributed by atoms with Gasteiger partial charge in [0.2, 0.25) is 0 Å². The van der Waals surface area contributed by atoms with Crippen LogP contribution in [0.2, 0.25) is 0 Å². The zero-order chi connectivity index (χ0) is 11.1. The zero-order valence-electron chi connectivity index (χ0n) is 9.33. The monoisotopic (exact) mass is 193 g/mol. The summed E-state index contributed by atoms with van der Waals surface area (Å²) in [6.45, 7) is 5.99. The molecule has 0 saturated heterocycles. The molecule has 3 heteroatoms. The smallest absolute Gasteiger partial charge is 0.142 e. The van der Waals surface area contributed by atoms with Crippen LogP contribution < -0.4 is 5.84 Å². The summed E-state index contributed by atoms with van der Waals surface area (Å²) in [5.41, 5.74) is 1.99. The normalized spacial score (nSPS) is 8.64. The Morgan fingerprint density at radius 3 is 2.36 bits per heavy atom. The van der Waals surface area contributed by atoms with E-state index in [9.17, 15) is 0 Å². The van der Waals surface area contributed by atoms with E-state index in [1.807, 2.05) is 45.0 Å². The Balaban J connectivity index is 0.000000791. The van der Waals surface area contributed by atoms with Gasteiger partial charge in [-0.15, -0.1) is 0 Å². The quantitative estimate of drug-likeness (QED) is 0.311. The van der Waals surface area contributed by atoms with Gasteiger partial charge in [-0.1, -0.05) is 37.6 Å². The molecule has 0 amide bonds. The summed E-state index contributed by atoms with van der Waals surface area (Å²) < 4.78 is 0. The van der Waals surface area contributed by atoms with Gasteiger partial charge in [-0.05, 0) is 13.0 Å². The Morgan fingerprint density at radius 1 is 1.36 bits per heavy atom. The van der Waals surface area contributed by atoms with E-state index in [1.54, 1.807) is 7.05 Å². The molecule has 1 aromatic rings. The highest BCUT2D eigenvalue weighted by Gasteiger charge is 2.02. The average Bonchev–Trinajstić information content (AvgIpc) is 2.19. The first-order chi connectivity index (χ1) is 6.61. The second kappa shape index (κ2) is 6.16. The van der Waals surface area contributed by atoms with Crippen LogP contribution in [0.3, 0.4) is 0 Å². The molecule has 1 rings (SSSR count). The molecule has 3 N–H and O–H groups in total. The van der Waals surface area contributed by atoms with Gasteiger partial charge in [0.1, 0.15) is 5.84 Å². The second-order valence-electron chi connectivity index (χ2n) is 2.83. The van der Waals surface area contributed by atoms with Gasteiger partial charge in [0, 0.05) is 12.6 Å². The summed E-state index contributed by atoms with van der Waals surface area (Å²) in [6.07, 6.45) is 0. The van der Waals surface area contributed by atoms with Crippen LogP contribution in [0.4, 0.5) is 0 Å². The SMILES string of the molecule is CC.Cc1cccc(C(=N)N(C)N)c1. The van der Waals surface area contributed by atoms with Crippen LogP contribution in [0.15, 0.2) is 24.3 Å². The first-order valence-electron chi connectivity index (χ1n) is 4.75. The largest absolute Gasteiger partial charge is 0.298 e. The number of nitrogens with one attached hydrogen (secondary N) is 1. The van der Waals surface area contributed by atoms with Gasteiger partial charge >= 0.3 is 0 Å². The first-order valence-corrected chi connectivity index (χ1v) is 4.75. The standard InChI is InChI=1S/C9H13N3.C2H6/c1-7-4-3-5-8(6-7)9(10)12(2)11;1-2/h3-6,10H,11H2,1-2H3;1-2H3. The van der Waals surface area contributed by atoms with Crippen LogP contribution in [0.5, 0.6) is 0 Å². The molecule has 3 nitrogen and oxygen atoms in total. The highest BCUT2D eigenvalue weighted by molar-refractivity contribution is 5.95. The first kappa shape index (κ1) is 12.7. The van der Waals surface area contributed by atoms with Crippen molar-refractivity contribution in [2.75, 3.05) is 7.05 Å². The number of hydrogen-bond donors (Lipinski definition) is 2. The summed E-state index contributed by atoms with van der Waals surface area (Å²) in [6, 6.07) is 7.72. The molecule has 0 atom stereocenters. The van der Waals surface area contributed by atoms with Crippen LogP contribution >= 0.6 is 0 Å². The van der Waals surface area contributed by atoms with Crippen molar-refractivity contribution in [1.82, 2.24) is 5.01 Å².